The van der Waals surface area contributed by atoms with Crippen molar-refractivity contribution in [3.8, 4) is 0 Å². The van der Waals surface area contributed by atoms with Gasteiger partial charge in [-0.2, -0.15) is 0 Å². The highest BCUT2D eigenvalue weighted by Crippen LogP contribution is 2.41. The highest BCUT2D eigenvalue weighted by atomic mass is 16.5. The van der Waals surface area contributed by atoms with Crippen LogP contribution in [-0.4, -0.2) is 11.2 Å². The van der Waals surface area contributed by atoms with E-state index in [0.29, 0.717) is 0 Å². The predicted molar refractivity (Wildman–Crippen MR) is 56.8 cm³/mol. The summed E-state index contributed by atoms with van der Waals surface area (Å²) in [5.41, 5.74) is 0.132. The van der Waals surface area contributed by atoms with Crippen LogP contribution in [0.3, 0.4) is 0 Å². The minimum absolute atomic E-state index is 0.0662. The molecule has 0 saturated carbocycles. The molecular formula is C12H24O. The van der Waals surface area contributed by atoms with E-state index in [2.05, 4.69) is 41.5 Å². The molecule has 1 aliphatic heterocycles. The normalized spacial score (nSPS) is 27.9. The van der Waals surface area contributed by atoms with Gasteiger partial charge < -0.3 is 4.74 Å². The van der Waals surface area contributed by atoms with Gasteiger partial charge in [-0.05, 0) is 52.4 Å². The monoisotopic (exact) mass is 184 g/mol. The van der Waals surface area contributed by atoms with E-state index in [1.54, 1.807) is 0 Å². The van der Waals surface area contributed by atoms with Crippen molar-refractivity contribution in [1.29, 1.82) is 0 Å². The second-order valence-corrected chi connectivity index (χ2v) is 6.03. The van der Waals surface area contributed by atoms with Gasteiger partial charge in [-0.3, -0.25) is 0 Å². The first-order chi connectivity index (χ1) is 5.72. The molecule has 1 nitrogen and oxygen atoms in total. The molecule has 0 radical (unpaired) electrons. The summed E-state index contributed by atoms with van der Waals surface area (Å²) >= 11 is 0. The Kier molecular flexibility index (Phi) is 2.78. The van der Waals surface area contributed by atoms with Crippen LogP contribution in [0.15, 0.2) is 0 Å². The zero-order valence-electron chi connectivity index (χ0n) is 9.98. The SMILES string of the molecule is CC(C)C1CC(C)(C)OC(C)(C)C1. The molecule has 1 aliphatic rings. The summed E-state index contributed by atoms with van der Waals surface area (Å²) in [6.45, 7) is 13.5. The van der Waals surface area contributed by atoms with E-state index in [1.807, 2.05) is 0 Å². The Morgan fingerprint density at radius 1 is 1.00 bits per heavy atom. The zero-order valence-corrected chi connectivity index (χ0v) is 9.98. The summed E-state index contributed by atoms with van der Waals surface area (Å²) in [5.74, 6) is 1.60. The molecule has 1 heteroatoms. The van der Waals surface area contributed by atoms with E-state index in [4.69, 9.17) is 4.74 Å². The largest absolute Gasteiger partial charge is 0.370 e. The van der Waals surface area contributed by atoms with Gasteiger partial charge in [-0.25, -0.2) is 0 Å². The highest BCUT2D eigenvalue weighted by Gasteiger charge is 2.39. The second kappa shape index (κ2) is 3.27. The van der Waals surface area contributed by atoms with Gasteiger partial charge in [-0.1, -0.05) is 13.8 Å². The predicted octanol–water partition coefficient (Wildman–Crippen LogP) is 3.63. The molecule has 0 aromatic rings. The van der Waals surface area contributed by atoms with Crippen molar-refractivity contribution >= 4 is 0 Å². The van der Waals surface area contributed by atoms with E-state index in [0.717, 1.165) is 11.8 Å². The Balaban J connectivity index is 2.72. The summed E-state index contributed by atoms with van der Waals surface area (Å²) in [4.78, 5) is 0. The molecule has 13 heavy (non-hydrogen) atoms. The van der Waals surface area contributed by atoms with Crippen LogP contribution in [0.25, 0.3) is 0 Å². The van der Waals surface area contributed by atoms with Crippen molar-refractivity contribution in [2.45, 2.75) is 65.6 Å². The Morgan fingerprint density at radius 2 is 1.38 bits per heavy atom. The quantitative estimate of drug-likeness (QED) is 0.604. The average Bonchev–Trinajstić information content (AvgIpc) is 1.79. The minimum atomic E-state index is 0.0662. The van der Waals surface area contributed by atoms with Crippen molar-refractivity contribution in [2.75, 3.05) is 0 Å². The molecule has 0 unspecified atom stereocenters. The topological polar surface area (TPSA) is 9.23 Å². The molecule has 0 bridgehead atoms. The Labute approximate surface area is 82.9 Å². The molecule has 0 atom stereocenters. The lowest BCUT2D eigenvalue weighted by Gasteiger charge is -2.46. The summed E-state index contributed by atoms with van der Waals surface area (Å²) < 4.78 is 6.04. The lowest BCUT2D eigenvalue weighted by molar-refractivity contribution is -0.177. The Bertz CT molecular complexity index is 164. The number of hydrogen-bond donors (Lipinski definition) is 0. The van der Waals surface area contributed by atoms with E-state index < -0.39 is 0 Å². The molecule has 0 aromatic heterocycles. The highest BCUT2D eigenvalue weighted by molar-refractivity contribution is 4.89. The summed E-state index contributed by atoms with van der Waals surface area (Å²) in [6, 6.07) is 0. The van der Waals surface area contributed by atoms with E-state index in [1.165, 1.54) is 12.8 Å². The lowest BCUT2D eigenvalue weighted by Crippen LogP contribution is -2.46. The molecular weight excluding hydrogens is 160 g/mol. The third-order valence-corrected chi connectivity index (χ3v) is 3.00. The van der Waals surface area contributed by atoms with Crippen molar-refractivity contribution in [3.63, 3.8) is 0 Å². The molecule has 1 heterocycles. The molecule has 0 aliphatic carbocycles. The van der Waals surface area contributed by atoms with Crippen molar-refractivity contribution in [2.24, 2.45) is 11.8 Å². The number of ether oxygens (including phenoxy) is 1. The lowest BCUT2D eigenvalue weighted by atomic mass is 9.75. The van der Waals surface area contributed by atoms with Gasteiger partial charge in [0, 0.05) is 0 Å². The van der Waals surface area contributed by atoms with Crippen LogP contribution in [-0.2, 0) is 4.74 Å². The summed E-state index contributed by atoms with van der Waals surface area (Å²) in [6.07, 6.45) is 2.40. The molecule has 1 saturated heterocycles. The van der Waals surface area contributed by atoms with Crippen molar-refractivity contribution in [3.05, 3.63) is 0 Å². The summed E-state index contributed by atoms with van der Waals surface area (Å²) in [7, 11) is 0. The minimum Gasteiger partial charge on any atom is -0.370 e. The van der Waals surface area contributed by atoms with Crippen LogP contribution in [0.1, 0.15) is 54.4 Å². The molecule has 1 fully saturated rings. The first-order valence-corrected chi connectivity index (χ1v) is 5.42. The first-order valence-electron chi connectivity index (χ1n) is 5.42. The fourth-order valence-electron chi connectivity index (χ4n) is 2.64. The second-order valence-electron chi connectivity index (χ2n) is 6.03. The third kappa shape index (κ3) is 2.98. The molecule has 0 aromatic carbocycles. The zero-order chi connectivity index (χ0) is 10.3. The van der Waals surface area contributed by atoms with Crippen LogP contribution in [0.5, 0.6) is 0 Å². The van der Waals surface area contributed by atoms with Crippen LogP contribution in [0.4, 0.5) is 0 Å². The van der Waals surface area contributed by atoms with Crippen molar-refractivity contribution in [1.82, 2.24) is 0 Å². The van der Waals surface area contributed by atoms with Gasteiger partial charge >= 0.3 is 0 Å². The van der Waals surface area contributed by atoms with Gasteiger partial charge in [0.05, 0.1) is 11.2 Å². The van der Waals surface area contributed by atoms with E-state index in [9.17, 15) is 0 Å². The molecule has 0 amide bonds. The van der Waals surface area contributed by atoms with Crippen LogP contribution < -0.4 is 0 Å². The number of hydrogen-bond acceptors (Lipinski definition) is 1. The van der Waals surface area contributed by atoms with Crippen molar-refractivity contribution < 1.29 is 4.74 Å². The summed E-state index contributed by atoms with van der Waals surface area (Å²) in [5, 5.41) is 0. The van der Waals surface area contributed by atoms with E-state index in [-0.39, 0.29) is 11.2 Å². The first kappa shape index (κ1) is 11.0. The molecule has 0 spiro atoms. The average molecular weight is 184 g/mol. The van der Waals surface area contributed by atoms with Gasteiger partial charge in [0.15, 0.2) is 0 Å². The van der Waals surface area contributed by atoms with Gasteiger partial charge in [0.2, 0.25) is 0 Å². The van der Waals surface area contributed by atoms with Gasteiger partial charge in [-0.15, -0.1) is 0 Å². The fourth-order valence-corrected chi connectivity index (χ4v) is 2.64. The molecule has 1 rings (SSSR count). The Morgan fingerprint density at radius 3 is 1.69 bits per heavy atom. The molecule has 78 valence electrons. The van der Waals surface area contributed by atoms with Crippen LogP contribution >= 0.6 is 0 Å². The maximum atomic E-state index is 6.04. The number of rotatable bonds is 1. The Hall–Kier alpha value is -0.0400. The maximum Gasteiger partial charge on any atom is 0.0636 e. The maximum absolute atomic E-state index is 6.04. The van der Waals surface area contributed by atoms with Crippen LogP contribution in [0.2, 0.25) is 0 Å². The van der Waals surface area contributed by atoms with Gasteiger partial charge in [0.1, 0.15) is 0 Å². The standard InChI is InChI=1S/C12H24O/c1-9(2)10-7-11(3,4)13-12(5,6)8-10/h9-10H,7-8H2,1-6H3. The van der Waals surface area contributed by atoms with E-state index >= 15 is 0 Å². The van der Waals surface area contributed by atoms with Crippen LogP contribution in [0, 0.1) is 11.8 Å². The smallest absolute Gasteiger partial charge is 0.0636 e. The third-order valence-electron chi connectivity index (χ3n) is 3.00. The molecule has 0 N–H and O–H groups in total. The fraction of sp³-hybridized carbons (Fsp3) is 1.00. The van der Waals surface area contributed by atoms with Gasteiger partial charge in [0.25, 0.3) is 0 Å².